The first kappa shape index (κ1) is 31.0. The van der Waals surface area contributed by atoms with Crippen LogP contribution >= 0.6 is 0 Å². The molecule has 1 aromatic carbocycles. The third-order valence-electron chi connectivity index (χ3n) is 8.14. The van der Waals surface area contributed by atoms with E-state index in [0.717, 1.165) is 104 Å². The smallest absolute Gasteiger partial charge is 0.350 e. The standard InChI is InChI=1S/C30H49N5O5/c1-3-38-29(30(37)39-4-2)34-20-18-33(19-21-34)23-27-24-35(28(25-36)40-27)13-9-8-12-31-14-16-32(17-15-31)22-26-10-6-5-7-11-26/h5-7,10-11,25,27-29H,3-4,8-9,12-24H2,1-2H3. The van der Waals surface area contributed by atoms with E-state index >= 15 is 0 Å². The van der Waals surface area contributed by atoms with Gasteiger partial charge in [-0.2, -0.15) is 0 Å². The molecule has 0 aliphatic carbocycles. The maximum atomic E-state index is 12.3. The van der Waals surface area contributed by atoms with Crippen molar-refractivity contribution in [1.82, 2.24) is 24.5 Å². The normalized spacial score (nSPS) is 24.8. The van der Waals surface area contributed by atoms with Crippen molar-refractivity contribution in [3.05, 3.63) is 35.9 Å². The third-order valence-corrected chi connectivity index (χ3v) is 8.14. The van der Waals surface area contributed by atoms with E-state index in [1.54, 1.807) is 0 Å². The van der Waals surface area contributed by atoms with Crippen molar-refractivity contribution in [3.8, 4) is 0 Å². The number of carbonyl (C=O) groups excluding carboxylic acids is 2. The molecule has 3 atom stereocenters. The van der Waals surface area contributed by atoms with E-state index in [2.05, 4.69) is 54.8 Å². The second kappa shape index (κ2) is 16.5. The van der Waals surface area contributed by atoms with Crippen LogP contribution in [0, 0.1) is 0 Å². The molecule has 10 nitrogen and oxygen atoms in total. The van der Waals surface area contributed by atoms with Crippen molar-refractivity contribution in [3.63, 3.8) is 0 Å². The number of hydrogen-bond donors (Lipinski definition) is 0. The average Bonchev–Trinajstić information content (AvgIpc) is 3.37. The first-order valence-corrected chi connectivity index (χ1v) is 15.2. The van der Waals surface area contributed by atoms with E-state index in [9.17, 15) is 9.59 Å². The van der Waals surface area contributed by atoms with E-state index in [0.29, 0.717) is 13.2 Å². The fourth-order valence-electron chi connectivity index (χ4n) is 5.95. The molecule has 0 spiro atoms. The summed E-state index contributed by atoms with van der Waals surface area (Å²) in [6.07, 6.45) is 2.08. The van der Waals surface area contributed by atoms with Gasteiger partial charge in [0.1, 0.15) is 0 Å². The molecule has 40 heavy (non-hydrogen) atoms. The monoisotopic (exact) mass is 559 g/mol. The molecular formula is C30H49N5O5. The van der Waals surface area contributed by atoms with Crippen LogP contribution in [0.5, 0.6) is 0 Å². The Hall–Kier alpha value is -1.92. The molecule has 3 unspecified atom stereocenters. The van der Waals surface area contributed by atoms with Gasteiger partial charge in [0.15, 0.2) is 12.5 Å². The van der Waals surface area contributed by atoms with Crippen molar-refractivity contribution >= 4 is 12.3 Å². The Kier molecular flexibility index (Phi) is 12.8. The maximum Gasteiger partial charge on any atom is 0.350 e. The highest BCUT2D eigenvalue weighted by atomic mass is 16.6. The van der Waals surface area contributed by atoms with Crippen molar-refractivity contribution in [2.24, 2.45) is 0 Å². The largest absolute Gasteiger partial charge is 0.463 e. The molecule has 3 heterocycles. The Morgan fingerprint density at radius 1 is 0.925 bits per heavy atom. The van der Waals surface area contributed by atoms with Crippen LogP contribution in [-0.2, 0) is 30.3 Å². The second-order valence-corrected chi connectivity index (χ2v) is 11.0. The van der Waals surface area contributed by atoms with Gasteiger partial charge < -0.3 is 19.1 Å². The van der Waals surface area contributed by atoms with Crippen LogP contribution < -0.4 is 0 Å². The zero-order valence-electron chi connectivity index (χ0n) is 24.5. The van der Waals surface area contributed by atoms with Crippen LogP contribution in [0.2, 0.25) is 0 Å². The predicted molar refractivity (Wildman–Crippen MR) is 154 cm³/mol. The van der Waals surface area contributed by atoms with Gasteiger partial charge in [-0.05, 0) is 38.8 Å². The third kappa shape index (κ3) is 9.30. The zero-order valence-corrected chi connectivity index (χ0v) is 24.5. The number of piperazine rings is 2. The molecule has 3 aliphatic heterocycles. The summed E-state index contributed by atoms with van der Waals surface area (Å²) < 4.78 is 17.0. The van der Waals surface area contributed by atoms with Crippen LogP contribution in [0.15, 0.2) is 30.3 Å². The van der Waals surface area contributed by atoms with Gasteiger partial charge in [0.25, 0.3) is 0 Å². The van der Waals surface area contributed by atoms with E-state index in [-0.39, 0.29) is 12.1 Å². The summed E-state index contributed by atoms with van der Waals surface area (Å²) in [6.45, 7) is 16.7. The Balaban J connectivity index is 1.11. The van der Waals surface area contributed by atoms with Crippen LogP contribution in [0.3, 0.4) is 0 Å². The predicted octanol–water partition coefficient (Wildman–Crippen LogP) is 1.35. The quantitative estimate of drug-likeness (QED) is 0.179. The van der Waals surface area contributed by atoms with Gasteiger partial charge >= 0.3 is 5.97 Å². The van der Waals surface area contributed by atoms with Gasteiger partial charge in [-0.15, -0.1) is 0 Å². The molecule has 3 fully saturated rings. The minimum Gasteiger partial charge on any atom is -0.463 e. The number of carbonyl (C=O) groups is 2. The van der Waals surface area contributed by atoms with E-state index in [4.69, 9.17) is 14.2 Å². The zero-order chi connectivity index (χ0) is 28.2. The highest BCUT2D eigenvalue weighted by Crippen LogP contribution is 2.19. The summed E-state index contributed by atoms with van der Waals surface area (Å²) in [5, 5.41) is 0. The first-order chi connectivity index (χ1) is 19.6. The molecule has 3 saturated heterocycles. The first-order valence-electron chi connectivity index (χ1n) is 15.2. The summed E-state index contributed by atoms with van der Waals surface area (Å²) in [7, 11) is 0. The lowest BCUT2D eigenvalue weighted by molar-refractivity contribution is -0.173. The number of unbranched alkanes of at least 4 members (excludes halogenated alkanes) is 1. The maximum absolute atomic E-state index is 12.3. The minimum absolute atomic E-state index is 0.0205. The number of hydrogen-bond acceptors (Lipinski definition) is 10. The van der Waals surface area contributed by atoms with Gasteiger partial charge in [-0.1, -0.05) is 30.3 Å². The van der Waals surface area contributed by atoms with Gasteiger partial charge in [-0.3, -0.25) is 24.4 Å². The molecule has 10 heteroatoms. The molecule has 224 valence electrons. The van der Waals surface area contributed by atoms with Crippen molar-refractivity contribution in [2.75, 3.05) is 91.8 Å². The minimum atomic E-state index is -0.636. The fraction of sp³-hybridized carbons (Fsp3) is 0.733. The van der Waals surface area contributed by atoms with Gasteiger partial charge in [0.05, 0.1) is 12.7 Å². The Morgan fingerprint density at radius 2 is 1.60 bits per heavy atom. The Labute approximate surface area is 240 Å². The average molecular weight is 560 g/mol. The molecule has 0 aromatic heterocycles. The molecule has 0 radical (unpaired) electrons. The lowest BCUT2D eigenvalue weighted by Gasteiger charge is -2.38. The van der Waals surface area contributed by atoms with Gasteiger partial charge in [0.2, 0.25) is 6.23 Å². The molecule has 1 aromatic rings. The second-order valence-electron chi connectivity index (χ2n) is 11.0. The van der Waals surface area contributed by atoms with Gasteiger partial charge in [0, 0.05) is 85.1 Å². The summed E-state index contributed by atoms with van der Waals surface area (Å²) >= 11 is 0. The Bertz CT molecular complexity index is 877. The molecule has 0 saturated carbocycles. The van der Waals surface area contributed by atoms with Gasteiger partial charge in [-0.25, -0.2) is 4.79 Å². The molecule has 0 bridgehead atoms. The van der Waals surface area contributed by atoms with Crippen molar-refractivity contribution in [1.29, 1.82) is 0 Å². The van der Waals surface area contributed by atoms with Crippen LogP contribution in [0.4, 0.5) is 0 Å². The SMILES string of the molecule is CCOC(=O)C(OCC)N1CCN(CC2CN(CCCCN3CCN(Cc4ccccc4)CC3)C(C=O)O2)CC1. The van der Waals surface area contributed by atoms with Crippen molar-refractivity contribution < 1.29 is 23.8 Å². The number of ether oxygens (including phenoxy) is 3. The summed E-state index contributed by atoms with van der Waals surface area (Å²) in [6, 6.07) is 10.7. The molecular weight excluding hydrogens is 510 g/mol. The summed E-state index contributed by atoms with van der Waals surface area (Å²) in [5.74, 6) is -0.313. The van der Waals surface area contributed by atoms with E-state index in [1.165, 1.54) is 5.56 Å². The lowest BCUT2D eigenvalue weighted by Crippen LogP contribution is -2.55. The number of rotatable bonds is 15. The molecule has 0 N–H and O–H groups in total. The summed E-state index contributed by atoms with van der Waals surface area (Å²) in [4.78, 5) is 35.8. The number of benzene rings is 1. The number of nitrogens with zero attached hydrogens (tertiary/aromatic N) is 5. The molecule has 4 rings (SSSR count). The van der Waals surface area contributed by atoms with Crippen LogP contribution in [0.1, 0.15) is 32.3 Å². The number of esters is 1. The highest BCUT2D eigenvalue weighted by Gasteiger charge is 2.35. The molecule has 3 aliphatic rings. The highest BCUT2D eigenvalue weighted by molar-refractivity contribution is 5.74. The van der Waals surface area contributed by atoms with Crippen LogP contribution in [-0.4, -0.2) is 147 Å². The molecule has 0 amide bonds. The van der Waals surface area contributed by atoms with Crippen LogP contribution in [0.25, 0.3) is 0 Å². The number of aldehydes is 1. The summed E-state index contributed by atoms with van der Waals surface area (Å²) in [5.41, 5.74) is 1.39. The fourth-order valence-corrected chi connectivity index (χ4v) is 5.95. The lowest BCUT2D eigenvalue weighted by atomic mass is 10.2. The van der Waals surface area contributed by atoms with E-state index in [1.807, 2.05) is 13.8 Å². The topological polar surface area (TPSA) is 78.0 Å². The Morgan fingerprint density at radius 3 is 2.27 bits per heavy atom. The van der Waals surface area contributed by atoms with E-state index < -0.39 is 12.5 Å². The van der Waals surface area contributed by atoms with Crippen molar-refractivity contribution in [2.45, 2.75) is 51.8 Å².